The van der Waals surface area contributed by atoms with Gasteiger partial charge < -0.3 is 9.47 Å². The lowest BCUT2D eigenvalue weighted by atomic mass is 10.1. The Hall–Kier alpha value is -0.910. The molecule has 1 aromatic rings. The molecule has 1 aromatic carbocycles. The highest BCUT2D eigenvalue weighted by atomic mass is 32.2. The van der Waals surface area contributed by atoms with Crippen molar-refractivity contribution in [1.29, 1.82) is 0 Å². The second-order valence-corrected chi connectivity index (χ2v) is 7.47. The van der Waals surface area contributed by atoms with E-state index in [4.69, 9.17) is 9.47 Å². The van der Waals surface area contributed by atoms with Crippen molar-refractivity contribution in [3.8, 4) is 0 Å². The molecule has 0 aliphatic carbocycles. The zero-order valence-electron chi connectivity index (χ0n) is 11.5. The molecule has 0 N–H and O–H groups in total. The van der Waals surface area contributed by atoms with Crippen LogP contribution in [-0.4, -0.2) is 32.7 Å². The maximum Gasteiger partial charge on any atom is 0.188 e. The summed E-state index contributed by atoms with van der Waals surface area (Å²) >= 11 is 0. The van der Waals surface area contributed by atoms with Gasteiger partial charge in [0.05, 0.1) is 18.1 Å². The van der Waals surface area contributed by atoms with Crippen LogP contribution in [0.5, 0.6) is 0 Å². The molecule has 0 spiro atoms. The molecule has 19 heavy (non-hydrogen) atoms. The normalized spacial score (nSPS) is 20.4. The molecule has 1 aliphatic rings. The smallest absolute Gasteiger partial charge is 0.188 e. The van der Waals surface area contributed by atoms with Crippen LogP contribution < -0.4 is 0 Å². The lowest BCUT2D eigenvalue weighted by Gasteiger charge is -2.32. The third-order valence-corrected chi connectivity index (χ3v) is 6.37. The molecule has 0 aromatic heterocycles. The lowest BCUT2D eigenvalue weighted by molar-refractivity contribution is -0.0686. The molecule has 0 bridgehead atoms. The van der Waals surface area contributed by atoms with Gasteiger partial charge in [0, 0.05) is 0 Å². The van der Waals surface area contributed by atoms with Gasteiger partial charge in [-0.15, -0.1) is 0 Å². The number of benzene rings is 1. The number of sulfone groups is 1. The van der Waals surface area contributed by atoms with Gasteiger partial charge >= 0.3 is 0 Å². The average Bonchev–Trinajstić information content (AvgIpc) is 2.92. The van der Waals surface area contributed by atoms with E-state index in [1.54, 1.807) is 31.2 Å². The van der Waals surface area contributed by atoms with Gasteiger partial charge in [-0.2, -0.15) is 0 Å². The monoisotopic (exact) mass is 284 g/mol. The van der Waals surface area contributed by atoms with E-state index >= 15 is 0 Å². The minimum Gasteiger partial charge on any atom is -0.349 e. The van der Waals surface area contributed by atoms with E-state index in [1.807, 2.05) is 13.8 Å². The Morgan fingerprint density at radius 2 is 1.74 bits per heavy atom. The third kappa shape index (κ3) is 2.42. The van der Waals surface area contributed by atoms with E-state index in [9.17, 15) is 8.42 Å². The van der Waals surface area contributed by atoms with Gasteiger partial charge in [0.1, 0.15) is 4.75 Å². The molecular formula is C14H20O4S. The van der Waals surface area contributed by atoms with Crippen LogP contribution in [0.2, 0.25) is 0 Å². The highest BCUT2D eigenvalue weighted by molar-refractivity contribution is 7.92. The summed E-state index contributed by atoms with van der Waals surface area (Å²) in [4.78, 5) is 0.321. The molecule has 4 nitrogen and oxygen atoms in total. The quantitative estimate of drug-likeness (QED) is 0.851. The fraction of sp³-hybridized carbons (Fsp3) is 0.571. The van der Waals surface area contributed by atoms with E-state index in [1.165, 1.54) is 0 Å². The number of rotatable bonds is 4. The molecule has 1 unspecified atom stereocenters. The van der Waals surface area contributed by atoms with Crippen molar-refractivity contribution in [3.05, 3.63) is 29.8 Å². The Kier molecular flexibility index (Phi) is 3.99. The van der Waals surface area contributed by atoms with Crippen LogP contribution in [-0.2, 0) is 19.3 Å². The van der Waals surface area contributed by atoms with Crippen LogP contribution in [0.15, 0.2) is 29.2 Å². The summed E-state index contributed by atoms with van der Waals surface area (Å²) in [5.74, 6) is 0. The maximum absolute atomic E-state index is 12.8. The van der Waals surface area contributed by atoms with Gasteiger partial charge in [-0.25, -0.2) is 8.42 Å². The Balaban J connectivity index is 2.43. The van der Waals surface area contributed by atoms with Gasteiger partial charge in [0.25, 0.3) is 0 Å². The van der Waals surface area contributed by atoms with Crippen molar-refractivity contribution in [3.63, 3.8) is 0 Å². The summed E-state index contributed by atoms with van der Waals surface area (Å²) in [5, 5.41) is 0. The van der Waals surface area contributed by atoms with Crippen LogP contribution in [0, 0.1) is 6.92 Å². The predicted octanol–water partition coefficient (Wildman–Crippen LogP) is 2.31. The van der Waals surface area contributed by atoms with Crippen molar-refractivity contribution >= 4 is 9.84 Å². The van der Waals surface area contributed by atoms with Gasteiger partial charge in [-0.3, -0.25) is 0 Å². The van der Waals surface area contributed by atoms with Crippen LogP contribution >= 0.6 is 0 Å². The molecule has 0 radical (unpaired) electrons. The average molecular weight is 284 g/mol. The minimum absolute atomic E-state index is 0.321. The van der Waals surface area contributed by atoms with Gasteiger partial charge in [0.15, 0.2) is 16.1 Å². The van der Waals surface area contributed by atoms with E-state index in [2.05, 4.69) is 0 Å². The molecule has 1 atom stereocenters. The summed E-state index contributed by atoms with van der Waals surface area (Å²) in [6.07, 6.45) is -0.253. The lowest BCUT2D eigenvalue weighted by Crippen LogP contribution is -2.46. The molecule has 1 heterocycles. The predicted molar refractivity (Wildman–Crippen MR) is 72.8 cm³/mol. The van der Waals surface area contributed by atoms with Crippen molar-refractivity contribution in [1.82, 2.24) is 0 Å². The molecule has 106 valence electrons. The second kappa shape index (κ2) is 5.23. The zero-order chi connectivity index (χ0) is 14.1. The number of hydrogen-bond acceptors (Lipinski definition) is 4. The van der Waals surface area contributed by atoms with E-state index < -0.39 is 20.9 Å². The van der Waals surface area contributed by atoms with E-state index in [0.717, 1.165) is 5.56 Å². The maximum atomic E-state index is 12.8. The van der Waals surface area contributed by atoms with E-state index in [0.29, 0.717) is 24.5 Å². The minimum atomic E-state index is -3.50. The fourth-order valence-electron chi connectivity index (χ4n) is 2.18. The first kappa shape index (κ1) is 14.5. The molecule has 1 aliphatic heterocycles. The molecule has 0 amide bonds. The van der Waals surface area contributed by atoms with Crippen LogP contribution in [0.25, 0.3) is 0 Å². The molecule has 0 saturated carbocycles. The van der Waals surface area contributed by atoms with Crippen LogP contribution in [0.1, 0.15) is 25.8 Å². The number of hydrogen-bond donors (Lipinski definition) is 0. The summed E-state index contributed by atoms with van der Waals surface area (Å²) in [6, 6.07) is 6.90. The third-order valence-electron chi connectivity index (χ3n) is 3.77. The highest BCUT2D eigenvalue weighted by Gasteiger charge is 2.48. The number of aryl methyl sites for hydroxylation is 1. The Morgan fingerprint density at radius 1 is 1.21 bits per heavy atom. The van der Waals surface area contributed by atoms with Crippen molar-refractivity contribution in [2.24, 2.45) is 0 Å². The SMILES string of the molecule is CCC(C)(C1OCCO1)S(=O)(=O)c1ccc(C)cc1. The Morgan fingerprint density at radius 3 is 2.21 bits per heavy atom. The van der Waals surface area contributed by atoms with Crippen molar-refractivity contribution < 1.29 is 17.9 Å². The van der Waals surface area contributed by atoms with E-state index in [-0.39, 0.29) is 0 Å². The highest BCUT2D eigenvalue weighted by Crippen LogP contribution is 2.35. The summed E-state index contributed by atoms with van der Waals surface area (Å²) in [6.45, 7) is 6.36. The molecular weight excluding hydrogens is 264 g/mol. The van der Waals surface area contributed by atoms with Gasteiger partial charge in [-0.1, -0.05) is 24.6 Å². The summed E-state index contributed by atoms with van der Waals surface area (Å²) in [7, 11) is -3.50. The topological polar surface area (TPSA) is 52.6 Å². The summed E-state index contributed by atoms with van der Waals surface area (Å²) < 4.78 is 35.5. The van der Waals surface area contributed by atoms with Crippen LogP contribution in [0.3, 0.4) is 0 Å². The Labute approximate surface area is 114 Å². The van der Waals surface area contributed by atoms with Gasteiger partial charge in [0.2, 0.25) is 0 Å². The first-order chi connectivity index (χ1) is 8.91. The Bertz CT molecular complexity index is 529. The number of ether oxygens (including phenoxy) is 2. The first-order valence-corrected chi connectivity index (χ1v) is 7.94. The summed E-state index contributed by atoms with van der Waals surface area (Å²) in [5.41, 5.74) is 1.03. The standard InChI is InChI=1S/C14H20O4S/c1-4-14(3,13-17-9-10-18-13)19(15,16)12-7-5-11(2)6-8-12/h5-8,13H,4,9-10H2,1-3H3. The van der Waals surface area contributed by atoms with Crippen molar-refractivity contribution in [2.75, 3.05) is 13.2 Å². The van der Waals surface area contributed by atoms with Gasteiger partial charge in [-0.05, 0) is 32.4 Å². The van der Waals surface area contributed by atoms with Crippen LogP contribution in [0.4, 0.5) is 0 Å². The fourth-order valence-corrected chi connectivity index (χ4v) is 3.98. The zero-order valence-corrected chi connectivity index (χ0v) is 12.4. The largest absolute Gasteiger partial charge is 0.349 e. The molecule has 1 saturated heterocycles. The first-order valence-electron chi connectivity index (χ1n) is 6.46. The van der Waals surface area contributed by atoms with Crippen molar-refractivity contribution in [2.45, 2.75) is 43.1 Å². The second-order valence-electron chi connectivity index (χ2n) is 5.06. The molecule has 1 fully saturated rings. The molecule has 2 rings (SSSR count). The molecule has 5 heteroatoms.